The third kappa shape index (κ3) is 3.49. The quantitative estimate of drug-likeness (QED) is 0.506. The second kappa shape index (κ2) is 7.78. The first-order valence-electron chi connectivity index (χ1n) is 9.88. The van der Waals surface area contributed by atoms with Crippen LogP contribution in [0.2, 0.25) is 0 Å². The van der Waals surface area contributed by atoms with Crippen molar-refractivity contribution in [1.82, 2.24) is 9.88 Å². The fourth-order valence-corrected chi connectivity index (χ4v) is 3.79. The number of amides is 1. The van der Waals surface area contributed by atoms with Gasteiger partial charge in [0.15, 0.2) is 5.75 Å². The Morgan fingerprint density at radius 2 is 1.97 bits per heavy atom. The fraction of sp³-hybridized carbons (Fsp3) is 0.217. The first-order chi connectivity index (χ1) is 14.7. The molecular formula is C23H21N3O4. The van der Waals surface area contributed by atoms with Crippen LogP contribution in [-0.2, 0) is 9.53 Å². The molecule has 5 rings (SSSR count). The van der Waals surface area contributed by atoms with Gasteiger partial charge in [0.2, 0.25) is 5.91 Å². The van der Waals surface area contributed by atoms with Crippen LogP contribution in [-0.4, -0.2) is 53.7 Å². The van der Waals surface area contributed by atoms with E-state index in [9.17, 15) is 9.90 Å². The van der Waals surface area contributed by atoms with Gasteiger partial charge in [-0.1, -0.05) is 18.2 Å². The molecule has 1 aliphatic heterocycles. The Kier molecular flexibility index (Phi) is 4.82. The highest BCUT2D eigenvalue weighted by molar-refractivity contribution is 6.03. The van der Waals surface area contributed by atoms with Crippen molar-refractivity contribution in [1.29, 1.82) is 0 Å². The number of carbonyl (C=O) groups is 1. The van der Waals surface area contributed by atoms with Gasteiger partial charge < -0.3 is 19.6 Å². The Hall–Kier alpha value is -3.42. The number of hydrogen-bond donors (Lipinski definition) is 2. The number of aromatic nitrogens is 1. The number of rotatable bonds is 4. The molecule has 0 unspecified atom stereocenters. The molecule has 4 aromatic rings. The molecule has 7 heteroatoms. The second-order valence-corrected chi connectivity index (χ2v) is 7.30. The van der Waals surface area contributed by atoms with Crippen molar-refractivity contribution in [3.8, 4) is 17.1 Å². The highest BCUT2D eigenvalue weighted by Crippen LogP contribution is 2.37. The van der Waals surface area contributed by atoms with Crippen LogP contribution in [0.1, 0.15) is 0 Å². The van der Waals surface area contributed by atoms with Crippen molar-refractivity contribution < 1.29 is 19.1 Å². The lowest BCUT2D eigenvalue weighted by atomic mass is 10.1. The number of morpholine rings is 1. The van der Waals surface area contributed by atoms with Crippen molar-refractivity contribution in [3.63, 3.8) is 0 Å². The first-order valence-corrected chi connectivity index (χ1v) is 9.88. The molecule has 3 heterocycles. The van der Waals surface area contributed by atoms with Gasteiger partial charge in [0.1, 0.15) is 16.9 Å². The highest BCUT2D eigenvalue weighted by atomic mass is 16.5. The molecule has 7 nitrogen and oxygen atoms in total. The van der Waals surface area contributed by atoms with Crippen molar-refractivity contribution >= 4 is 33.5 Å². The third-order valence-electron chi connectivity index (χ3n) is 5.32. The number of ether oxygens (including phenoxy) is 1. The van der Waals surface area contributed by atoms with E-state index in [4.69, 9.17) is 9.15 Å². The molecule has 0 saturated carbocycles. The minimum Gasteiger partial charge on any atom is -0.504 e. The lowest BCUT2D eigenvalue weighted by Crippen LogP contribution is -2.41. The van der Waals surface area contributed by atoms with Gasteiger partial charge in [-0.3, -0.25) is 14.7 Å². The van der Waals surface area contributed by atoms with Crippen LogP contribution in [0.15, 0.2) is 59.1 Å². The third-order valence-corrected chi connectivity index (χ3v) is 5.32. The lowest BCUT2D eigenvalue weighted by molar-refractivity contribution is -0.118. The smallest absolute Gasteiger partial charge is 0.238 e. The molecule has 1 aliphatic rings. The molecule has 1 saturated heterocycles. The highest BCUT2D eigenvalue weighted by Gasteiger charge is 2.18. The van der Waals surface area contributed by atoms with E-state index in [1.807, 2.05) is 47.4 Å². The van der Waals surface area contributed by atoms with Crippen LogP contribution < -0.4 is 5.32 Å². The number of carbonyl (C=O) groups excluding carboxylic acids is 1. The number of nitrogens with zero attached hydrogens (tertiary/aromatic N) is 2. The van der Waals surface area contributed by atoms with E-state index in [1.165, 1.54) is 0 Å². The predicted octanol–water partition coefficient (Wildman–Crippen LogP) is 3.62. The predicted molar refractivity (Wildman–Crippen MR) is 115 cm³/mol. The number of nitrogens with one attached hydrogen (secondary N) is 1. The minimum atomic E-state index is -0.181. The zero-order chi connectivity index (χ0) is 20.5. The number of para-hydroxylation sites is 1. The summed E-state index contributed by atoms with van der Waals surface area (Å²) < 4.78 is 11.3. The van der Waals surface area contributed by atoms with Crippen LogP contribution in [0.5, 0.6) is 5.75 Å². The molecule has 30 heavy (non-hydrogen) atoms. The van der Waals surface area contributed by atoms with Crippen LogP contribution in [0.3, 0.4) is 0 Å². The molecule has 2 aromatic carbocycles. The maximum Gasteiger partial charge on any atom is 0.238 e. The molecule has 2 N–H and O–H groups in total. The summed E-state index contributed by atoms with van der Waals surface area (Å²) in [6, 6.07) is 15.2. The molecule has 0 atom stereocenters. The summed E-state index contributed by atoms with van der Waals surface area (Å²) in [5, 5.41) is 15.3. The van der Waals surface area contributed by atoms with Gasteiger partial charge in [-0.25, -0.2) is 0 Å². The number of aromatic hydroxyl groups is 1. The summed E-state index contributed by atoms with van der Waals surface area (Å²) in [4.78, 5) is 18.8. The number of hydrogen-bond acceptors (Lipinski definition) is 6. The number of anilines is 1. The molecule has 1 fully saturated rings. The number of phenolic OH excluding ortho intramolecular Hbond substituents is 1. The molecular weight excluding hydrogens is 382 g/mol. The summed E-state index contributed by atoms with van der Waals surface area (Å²) in [6.45, 7) is 2.96. The Labute approximate surface area is 172 Å². The van der Waals surface area contributed by atoms with Crippen molar-refractivity contribution in [2.24, 2.45) is 0 Å². The Morgan fingerprint density at radius 3 is 2.80 bits per heavy atom. The van der Waals surface area contributed by atoms with Crippen LogP contribution in [0.25, 0.3) is 33.2 Å². The normalized spacial score (nSPS) is 14.9. The molecule has 152 valence electrons. The van der Waals surface area contributed by atoms with Gasteiger partial charge >= 0.3 is 0 Å². The van der Waals surface area contributed by atoms with Gasteiger partial charge in [-0.2, -0.15) is 0 Å². The zero-order valence-corrected chi connectivity index (χ0v) is 16.3. The van der Waals surface area contributed by atoms with Gasteiger partial charge in [-0.05, 0) is 30.3 Å². The zero-order valence-electron chi connectivity index (χ0n) is 16.3. The van der Waals surface area contributed by atoms with Crippen LogP contribution in [0, 0.1) is 0 Å². The summed E-state index contributed by atoms with van der Waals surface area (Å²) >= 11 is 0. The maximum absolute atomic E-state index is 12.4. The fourth-order valence-electron chi connectivity index (χ4n) is 3.79. The monoisotopic (exact) mass is 403 g/mol. The van der Waals surface area contributed by atoms with Gasteiger partial charge in [0.05, 0.1) is 25.4 Å². The molecule has 0 radical (unpaired) electrons. The van der Waals surface area contributed by atoms with E-state index in [2.05, 4.69) is 10.3 Å². The molecule has 1 amide bonds. The molecule has 0 spiro atoms. The molecule has 0 bridgehead atoms. The first kappa shape index (κ1) is 18.6. The standard InChI is InChI=1S/C23H21N3O4/c27-21(14-26-9-11-29-12-10-26)25-18-6-5-17-16(7-8-24-22(17)23(18)28)20-13-15-3-1-2-4-19(15)30-20/h1-8,13,28H,9-12,14H2,(H,25,27). The van der Waals surface area contributed by atoms with Crippen molar-refractivity contribution in [2.45, 2.75) is 0 Å². The van der Waals surface area contributed by atoms with E-state index in [-0.39, 0.29) is 18.2 Å². The SMILES string of the molecule is O=C(CN1CCOCC1)Nc1ccc2c(-c3cc4ccccc4o3)ccnc2c1O. The topological polar surface area (TPSA) is 87.8 Å². The van der Waals surface area contributed by atoms with E-state index in [0.29, 0.717) is 30.2 Å². The van der Waals surface area contributed by atoms with Gasteiger partial charge in [0, 0.05) is 35.6 Å². The number of pyridine rings is 1. The average Bonchev–Trinajstić information content (AvgIpc) is 3.20. The van der Waals surface area contributed by atoms with E-state index in [0.717, 1.165) is 35.0 Å². The second-order valence-electron chi connectivity index (χ2n) is 7.30. The summed E-state index contributed by atoms with van der Waals surface area (Å²) in [6.07, 6.45) is 1.63. The van der Waals surface area contributed by atoms with E-state index >= 15 is 0 Å². The van der Waals surface area contributed by atoms with Gasteiger partial charge in [0.25, 0.3) is 0 Å². The minimum absolute atomic E-state index is 0.0548. The van der Waals surface area contributed by atoms with E-state index in [1.54, 1.807) is 12.3 Å². The summed E-state index contributed by atoms with van der Waals surface area (Å²) in [7, 11) is 0. The number of phenols is 1. The maximum atomic E-state index is 12.4. The Bertz CT molecular complexity index is 1190. The van der Waals surface area contributed by atoms with Crippen molar-refractivity contribution in [3.05, 3.63) is 54.7 Å². The lowest BCUT2D eigenvalue weighted by Gasteiger charge is -2.25. The largest absolute Gasteiger partial charge is 0.504 e. The molecule has 2 aromatic heterocycles. The van der Waals surface area contributed by atoms with Gasteiger partial charge in [-0.15, -0.1) is 0 Å². The Balaban J connectivity index is 1.45. The number of benzene rings is 2. The number of furan rings is 1. The summed E-state index contributed by atoms with van der Waals surface area (Å²) in [5.74, 6) is 0.466. The molecule has 0 aliphatic carbocycles. The van der Waals surface area contributed by atoms with Crippen LogP contribution in [0.4, 0.5) is 5.69 Å². The van der Waals surface area contributed by atoms with Crippen molar-refractivity contribution in [2.75, 3.05) is 38.2 Å². The summed E-state index contributed by atoms with van der Waals surface area (Å²) in [5.41, 5.74) is 2.39. The van der Waals surface area contributed by atoms with Crippen LogP contribution >= 0.6 is 0 Å². The Morgan fingerprint density at radius 1 is 1.13 bits per heavy atom. The van der Waals surface area contributed by atoms with E-state index < -0.39 is 0 Å². The average molecular weight is 403 g/mol. The number of fused-ring (bicyclic) bond motifs is 2.